The maximum atomic E-state index is 9.40. The molecule has 0 radical (unpaired) electrons. The Hall–Kier alpha value is -0.870. The molecule has 1 aromatic carbocycles. The Bertz CT molecular complexity index is 491. The summed E-state index contributed by atoms with van der Waals surface area (Å²) in [5.74, 6) is 0. The van der Waals surface area contributed by atoms with Crippen molar-refractivity contribution in [2.24, 2.45) is 0 Å². The number of benzene rings is 1. The van der Waals surface area contributed by atoms with E-state index in [1.165, 1.54) is 0 Å². The molecule has 0 saturated carbocycles. The van der Waals surface area contributed by atoms with Gasteiger partial charge in [-0.05, 0) is 26.0 Å². The van der Waals surface area contributed by atoms with Crippen LogP contribution in [0.1, 0.15) is 25.6 Å². The standard InChI is InChI=1S/C11H13BrN2O/c1-7(2)14-10(6-15)11-8(12)4-3-5-9(11)13-14/h3-5,7,15H,6H2,1-2H3. The molecule has 0 aliphatic carbocycles. The Morgan fingerprint density at radius 1 is 1.47 bits per heavy atom. The van der Waals surface area contributed by atoms with Crippen molar-refractivity contribution in [2.75, 3.05) is 0 Å². The SMILES string of the molecule is CC(C)n1nc2cccc(Br)c2c1CO. The van der Waals surface area contributed by atoms with Crippen molar-refractivity contribution in [2.45, 2.75) is 26.5 Å². The quantitative estimate of drug-likeness (QED) is 0.910. The van der Waals surface area contributed by atoms with E-state index in [2.05, 4.69) is 34.9 Å². The number of rotatable bonds is 2. The molecule has 1 aromatic heterocycles. The highest BCUT2D eigenvalue weighted by Crippen LogP contribution is 2.28. The first-order valence-electron chi connectivity index (χ1n) is 4.91. The monoisotopic (exact) mass is 268 g/mol. The van der Waals surface area contributed by atoms with Crippen molar-refractivity contribution in [1.29, 1.82) is 0 Å². The normalized spacial score (nSPS) is 11.5. The summed E-state index contributed by atoms with van der Waals surface area (Å²) in [6, 6.07) is 6.13. The van der Waals surface area contributed by atoms with Crippen LogP contribution >= 0.6 is 15.9 Å². The largest absolute Gasteiger partial charge is 0.390 e. The molecule has 0 bridgehead atoms. The average Bonchev–Trinajstić information content (AvgIpc) is 2.57. The number of halogens is 1. The molecule has 0 atom stereocenters. The van der Waals surface area contributed by atoms with Gasteiger partial charge in [-0.2, -0.15) is 5.10 Å². The lowest BCUT2D eigenvalue weighted by atomic mass is 10.2. The fourth-order valence-electron chi connectivity index (χ4n) is 1.75. The number of aromatic nitrogens is 2. The van der Waals surface area contributed by atoms with Gasteiger partial charge in [-0.3, -0.25) is 4.68 Å². The molecular formula is C11H13BrN2O. The van der Waals surface area contributed by atoms with Gasteiger partial charge in [0.05, 0.1) is 17.8 Å². The van der Waals surface area contributed by atoms with Crippen LogP contribution < -0.4 is 0 Å². The number of hydrogen-bond acceptors (Lipinski definition) is 2. The Morgan fingerprint density at radius 2 is 2.20 bits per heavy atom. The van der Waals surface area contributed by atoms with Crippen LogP contribution in [-0.2, 0) is 6.61 Å². The predicted molar refractivity (Wildman–Crippen MR) is 63.7 cm³/mol. The summed E-state index contributed by atoms with van der Waals surface area (Å²) in [7, 11) is 0. The Labute approximate surface area is 96.8 Å². The van der Waals surface area contributed by atoms with E-state index in [-0.39, 0.29) is 12.6 Å². The molecule has 1 N–H and O–H groups in total. The first kappa shape index (κ1) is 10.6. The lowest BCUT2D eigenvalue weighted by Gasteiger charge is -2.08. The van der Waals surface area contributed by atoms with E-state index in [0.29, 0.717) is 0 Å². The van der Waals surface area contributed by atoms with E-state index in [1.54, 1.807) is 0 Å². The number of fused-ring (bicyclic) bond motifs is 1. The Balaban J connectivity index is 2.80. The van der Waals surface area contributed by atoms with Crippen molar-refractivity contribution in [3.8, 4) is 0 Å². The van der Waals surface area contributed by atoms with Crippen LogP contribution in [0, 0.1) is 0 Å². The third-order valence-corrected chi connectivity index (χ3v) is 3.07. The highest BCUT2D eigenvalue weighted by atomic mass is 79.9. The molecule has 3 nitrogen and oxygen atoms in total. The second-order valence-corrected chi connectivity index (χ2v) is 4.63. The van der Waals surface area contributed by atoms with Gasteiger partial charge in [-0.1, -0.05) is 22.0 Å². The molecule has 2 aromatic rings. The second-order valence-electron chi connectivity index (χ2n) is 3.78. The summed E-state index contributed by atoms with van der Waals surface area (Å²) >= 11 is 3.49. The first-order valence-corrected chi connectivity index (χ1v) is 5.71. The van der Waals surface area contributed by atoms with E-state index in [1.807, 2.05) is 22.9 Å². The van der Waals surface area contributed by atoms with Gasteiger partial charge in [0.2, 0.25) is 0 Å². The summed E-state index contributed by atoms with van der Waals surface area (Å²) in [4.78, 5) is 0. The molecular weight excluding hydrogens is 256 g/mol. The molecule has 0 fully saturated rings. The third-order valence-electron chi connectivity index (χ3n) is 2.41. The summed E-state index contributed by atoms with van der Waals surface area (Å²) in [6.45, 7) is 4.12. The molecule has 2 rings (SSSR count). The molecule has 80 valence electrons. The lowest BCUT2D eigenvalue weighted by molar-refractivity contribution is 0.266. The van der Waals surface area contributed by atoms with Crippen LogP contribution in [0.5, 0.6) is 0 Å². The van der Waals surface area contributed by atoms with Crippen molar-refractivity contribution >= 4 is 26.8 Å². The van der Waals surface area contributed by atoms with Crippen molar-refractivity contribution in [3.05, 3.63) is 28.4 Å². The predicted octanol–water partition coefficient (Wildman–Crippen LogP) is 2.87. The van der Waals surface area contributed by atoms with Crippen LogP contribution in [0.4, 0.5) is 0 Å². The highest BCUT2D eigenvalue weighted by Gasteiger charge is 2.14. The van der Waals surface area contributed by atoms with Crippen LogP contribution in [0.2, 0.25) is 0 Å². The molecule has 0 aliphatic heterocycles. The summed E-state index contributed by atoms with van der Waals surface area (Å²) in [6.07, 6.45) is 0. The van der Waals surface area contributed by atoms with Crippen LogP contribution in [0.3, 0.4) is 0 Å². The fraction of sp³-hybridized carbons (Fsp3) is 0.364. The van der Waals surface area contributed by atoms with Crippen LogP contribution in [0.15, 0.2) is 22.7 Å². The zero-order chi connectivity index (χ0) is 11.0. The topological polar surface area (TPSA) is 38.0 Å². The number of nitrogens with zero attached hydrogens (tertiary/aromatic N) is 2. The minimum atomic E-state index is 0.0112. The van der Waals surface area contributed by atoms with Gasteiger partial charge >= 0.3 is 0 Å². The molecule has 0 amide bonds. The van der Waals surface area contributed by atoms with E-state index < -0.39 is 0 Å². The molecule has 0 saturated heterocycles. The minimum Gasteiger partial charge on any atom is -0.390 e. The van der Waals surface area contributed by atoms with Gasteiger partial charge in [-0.25, -0.2) is 0 Å². The van der Waals surface area contributed by atoms with E-state index >= 15 is 0 Å². The molecule has 0 spiro atoms. The van der Waals surface area contributed by atoms with Crippen LogP contribution in [0.25, 0.3) is 10.9 Å². The zero-order valence-electron chi connectivity index (χ0n) is 8.74. The maximum Gasteiger partial charge on any atom is 0.0938 e. The van der Waals surface area contributed by atoms with Gasteiger partial charge in [-0.15, -0.1) is 0 Å². The van der Waals surface area contributed by atoms with Gasteiger partial charge in [0.1, 0.15) is 0 Å². The highest BCUT2D eigenvalue weighted by molar-refractivity contribution is 9.10. The molecule has 0 aliphatic rings. The average molecular weight is 269 g/mol. The van der Waals surface area contributed by atoms with E-state index in [9.17, 15) is 5.11 Å². The lowest BCUT2D eigenvalue weighted by Crippen LogP contribution is -2.07. The summed E-state index contributed by atoms with van der Waals surface area (Å²) in [5, 5.41) is 14.9. The van der Waals surface area contributed by atoms with Crippen molar-refractivity contribution in [1.82, 2.24) is 9.78 Å². The van der Waals surface area contributed by atoms with Gasteiger partial charge in [0.15, 0.2) is 0 Å². The Kier molecular flexibility index (Phi) is 2.80. The molecule has 1 heterocycles. The minimum absolute atomic E-state index is 0.0112. The third kappa shape index (κ3) is 1.68. The summed E-state index contributed by atoms with van der Waals surface area (Å²) in [5.41, 5.74) is 1.79. The van der Waals surface area contributed by atoms with E-state index in [4.69, 9.17) is 0 Å². The summed E-state index contributed by atoms with van der Waals surface area (Å²) < 4.78 is 2.85. The first-order chi connectivity index (χ1) is 7.15. The molecule has 4 heteroatoms. The van der Waals surface area contributed by atoms with Crippen molar-refractivity contribution in [3.63, 3.8) is 0 Å². The number of aliphatic hydroxyl groups is 1. The molecule has 0 unspecified atom stereocenters. The number of aliphatic hydroxyl groups excluding tert-OH is 1. The number of hydrogen-bond donors (Lipinski definition) is 1. The van der Waals surface area contributed by atoms with Gasteiger partial charge < -0.3 is 5.11 Å². The molecule has 15 heavy (non-hydrogen) atoms. The van der Waals surface area contributed by atoms with E-state index in [0.717, 1.165) is 21.1 Å². The van der Waals surface area contributed by atoms with Gasteiger partial charge in [0, 0.05) is 15.9 Å². The zero-order valence-corrected chi connectivity index (χ0v) is 10.3. The smallest absolute Gasteiger partial charge is 0.0938 e. The second kappa shape index (κ2) is 3.94. The maximum absolute atomic E-state index is 9.40. The van der Waals surface area contributed by atoms with Gasteiger partial charge in [0.25, 0.3) is 0 Å². The fourth-order valence-corrected chi connectivity index (χ4v) is 2.34. The van der Waals surface area contributed by atoms with Crippen LogP contribution in [-0.4, -0.2) is 14.9 Å². The van der Waals surface area contributed by atoms with Crippen molar-refractivity contribution < 1.29 is 5.11 Å². The Morgan fingerprint density at radius 3 is 2.80 bits per heavy atom.